The highest BCUT2D eigenvalue weighted by atomic mass is 16.2. The number of nitrogens with one attached hydrogen (secondary N) is 2. The Labute approximate surface area is 108 Å². The molecule has 0 unspecified atom stereocenters. The molecule has 2 amide bonds. The monoisotopic (exact) mass is 248 g/mol. The first-order valence-electron chi connectivity index (χ1n) is 6.25. The molecule has 0 aromatic heterocycles. The van der Waals surface area contributed by atoms with Crippen LogP contribution in [-0.4, -0.2) is 18.9 Å². The smallest absolute Gasteiger partial charge is 0.251 e. The van der Waals surface area contributed by atoms with Gasteiger partial charge in [-0.1, -0.05) is 25.5 Å². The van der Waals surface area contributed by atoms with Crippen LogP contribution in [0, 0.1) is 0 Å². The van der Waals surface area contributed by atoms with Crippen LogP contribution in [0.15, 0.2) is 24.3 Å². The lowest BCUT2D eigenvalue weighted by molar-refractivity contribution is -0.121. The van der Waals surface area contributed by atoms with Gasteiger partial charge < -0.3 is 10.6 Å². The Morgan fingerprint density at radius 2 is 1.83 bits per heavy atom. The van der Waals surface area contributed by atoms with Gasteiger partial charge in [0.25, 0.3) is 5.91 Å². The number of unbranched alkanes of at least 4 members (excludes halogenated alkanes) is 1. The standard InChI is InChI=1S/C14H20N2O2/c1-3-4-5-13(17)16-10-11-6-8-12(9-7-11)14(18)15-2/h6-9H,3-5,10H2,1-2H3,(H,15,18)(H,16,17). The molecule has 18 heavy (non-hydrogen) atoms. The summed E-state index contributed by atoms with van der Waals surface area (Å²) in [5.74, 6) is -0.0271. The molecule has 2 N–H and O–H groups in total. The lowest BCUT2D eigenvalue weighted by Crippen LogP contribution is -2.22. The van der Waals surface area contributed by atoms with E-state index in [1.807, 2.05) is 12.1 Å². The zero-order valence-corrected chi connectivity index (χ0v) is 11.0. The summed E-state index contributed by atoms with van der Waals surface area (Å²) in [7, 11) is 1.60. The number of amides is 2. The van der Waals surface area contributed by atoms with Gasteiger partial charge in [-0.2, -0.15) is 0 Å². The Bertz CT molecular complexity index is 399. The van der Waals surface area contributed by atoms with Gasteiger partial charge in [-0.15, -0.1) is 0 Å². The molecule has 0 heterocycles. The minimum Gasteiger partial charge on any atom is -0.355 e. The third kappa shape index (κ3) is 4.57. The van der Waals surface area contributed by atoms with E-state index in [-0.39, 0.29) is 11.8 Å². The molecular weight excluding hydrogens is 228 g/mol. The Morgan fingerprint density at radius 3 is 2.39 bits per heavy atom. The molecule has 0 spiro atoms. The van der Waals surface area contributed by atoms with E-state index in [0.717, 1.165) is 18.4 Å². The summed E-state index contributed by atoms with van der Waals surface area (Å²) in [6, 6.07) is 7.22. The average Bonchev–Trinajstić information content (AvgIpc) is 2.42. The summed E-state index contributed by atoms with van der Waals surface area (Å²) < 4.78 is 0. The maximum Gasteiger partial charge on any atom is 0.251 e. The summed E-state index contributed by atoms with van der Waals surface area (Å²) in [5.41, 5.74) is 1.62. The number of hydrogen-bond acceptors (Lipinski definition) is 2. The van der Waals surface area contributed by atoms with Crippen LogP contribution in [0.5, 0.6) is 0 Å². The molecule has 1 aromatic carbocycles. The van der Waals surface area contributed by atoms with E-state index in [0.29, 0.717) is 18.5 Å². The van der Waals surface area contributed by atoms with Crippen molar-refractivity contribution in [2.45, 2.75) is 32.7 Å². The molecule has 0 saturated carbocycles. The van der Waals surface area contributed by atoms with Gasteiger partial charge in [-0.25, -0.2) is 0 Å². The van der Waals surface area contributed by atoms with Gasteiger partial charge in [0.15, 0.2) is 0 Å². The van der Waals surface area contributed by atoms with Crippen molar-refractivity contribution in [1.82, 2.24) is 10.6 Å². The summed E-state index contributed by atoms with van der Waals surface area (Å²) in [5, 5.41) is 5.42. The van der Waals surface area contributed by atoms with Gasteiger partial charge in [0.2, 0.25) is 5.91 Å². The average molecular weight is 248 g/mol. The van der Waals surface area contributed by atoms with Gasteiger partial charge in [0.1, 0.15) is 0 Å². The molecular formula is C14H20N2O2. The van der Waals surface area contributed by atoms with Crippen molar-refractivity contribution in [2.75, 3.05) is 7.05 Å². The topological polar surface area (TPSA) is 58.2 Å². The molecule has 0 bridgehead atoms. The predicted octanol–water partition coefficient (Wildman–Crippen LogP) is 1.85. The van der Waals surface area contributed by atoms with E-state index in [2.05, 4.69) is 17.6 Å². The van der Waals surface area contributed by atoms with Crippen LogP contribution >= 0.6 is 0 Å². The van der Waals surface area contributed by atoms with E-state index in [4.69, 9.17) is 0 Å². The van der Waals surface area contributed by atoms with Gasteiger partial charge in [-0.05, 0) is 24.1 Å². The van der Waals surface area contributed by atoms with Crippen LogP contribution in [0.1, 0.15) is 42.1 Å². The minimum atomic E-state index is -0.103. The second-order valence-corrected chi connectivity index (χ2v) is 4.16. The van der Waals surface area contributed by atoms with Crippen molar-refractivity contribution in [3.05, 3.63) is 35.4 Å². The molecule has 0 aliphatic heterocycles. The highest BCUT2D eigenvalue weighted by molar-refractivity contribution is 5.93. The minimum absolute atomic E-state index is 0.0761. The number of rotatable bonds is 6. The number of carbonyl (C=O) groups excluding carboxylic acids is 2. The zero-order chi connectivity index (χ0) is 13.4. The molecule has 0 fully saturated rings. The second-order valence-electron chi connectivity index (χ2n) is 4.16. The van der Waals surface area contributed by atoms with E-state index < -0.39 is 0 Å². The Kier molecular flexibility index (Phi) is 5.91. The Morgan fingerprint density at radius 1 is 1.17 bits per heavy atom. The molecule has 0 atom stereocenters. The molecule has 0 saturated heterocycles. The van der Waals surface area contributed by atoms with Gasteiger partial charge in [0.05, 0.1) is 0 Å². The first kappa shape index (κ1) is 14.2. The first-order chi connectivity index (χ1) is 8.67. The van der Waals surface area contributed by atoms with Crippen LogP contribution in [0.2, 0.25) is 0 Å². The molecule has 4 heteroatoms. The van der Waals surface area contributed by atoms with Crippen molar-refractivity contribution >= 4 is 11.8 Å². The maximum absolute atomic E-state index is 11.4. The summed E-state index contributed by atoms with van der Waals surface area (Å²) in [6.45, 7) is 2.57. The van der Waals surface area contributed by atoms with E-state index >= 15 is 0 Å². The summed E-state index contributed by atoms with van der Waals surface area (Å²) in [4.78, 5) is 22.7. The van der Waals surface area contributed by atoms with Gasteiger partial charge in [-0.3, -0.25) is 9.59 Å². The fraction of sp³-hybridized carbons (Fsp3) is 0.429. The fourth-order valence-electron chi connectivity index (χ4n) is 1.54. The third-order valence-electron chi connectivity index (χ3n) is 2.69. The molecule has 1 aromatic rings. The Balaban J connectivity index is 2.44. The molecule has 0 radical (unpaired) electrons. The lowest BCUT2D eigenvalue weighted by atomic mass is 10.1. The SMILES string of the molecule is CCCCC(=O)NCc1ccc(C(=O)NC)cc1. The maximum atomic E-state index is 11.4. The molecule has 0 aliphatic carbocycles. The first-order valence-corrected chi connectivity index (χ1v) is 6.25. The van der Waals surface area contributed by atoms with Crippen LogP contribution in [0.3, 0.4) is 0 Å². The van der Waals surface area contributed by atoms with Crippen molar-refractivity contribution in [3.8, 4) is 0 Å². The van der Waals surface area contributed by atoms with Crippen molar-refractivity contribution < 1.29 is 9.59 Å². The van der Waals surface area contributed by atoms with Crippen molar-refractivity contribution in [3.63, 3.8) is 0 Å². The molecule has 4 nitrogen and oxygen atoms in total. The van der Waals surface area contributed by atoms with E-state index in [1.165, 1.54) is 0 Å². The second kappa shape index (κ2) is 7.48. The molecule has 98 valence electrons. The van der Waals surface area contributed by atoms with Crippen LogP contribution < -0.4 is 10.6 Å². The normalized spacial score (nSPS) is 9.89. The van der Waals surface area contributed by atoms with Crippen LogP contribution in [-0.2, 0) is 11.3 Å². The number of benzene rings is 1. The highest BCUT2D eigenvalue weighted by Crippen LogP contribution is 2.04. The fourth-order valence-corrected chi connectivity index (χ4v) is 1.54. The van der Waals surface area contributed by atoms with Crippen LogP contribution in [0.4, 0.5) is 0 Å². The lowest BCUT2D eigenvalue weighted by Gasteiger charge is -2.06. The molecule has 1 rings (SSSR count). The zero-order valence-electron chi connectivity index (χ0n) is 11.0. The largest absolute Gasteiger partial charge is 0.355 e. The summed E-state index contributed by atoms with van der Waals surface area (Å²) in [6.07, 6.45) is 2.52. The van der Waals surface area contributed by atoms with Crippen molar-refractivity contribution in [1.29, 1.82) is 0 Å². The predicted molar refractivity (Wildman–Crippen MR) is 71.2 cm³/mol. The number of hydrogen-bond donors (Lipinski definition) is 2. The molecule has 0 aliphatic rings. The van der Waals surface area contributed by atoms with Crippen LogP contribution in [0.25, 0.3) is 0 Å². The number of carbonyl (C=O) groups is 2. The summed E-state index contributed by atoms with van der Waals surface area (Å²) >= 11 is 0. The highest BCUT2D eigenvalue weighted by Gasteiger charge is 2.03. The van der Waals surface area contributed by atoms with E-state index in [1.54, 1.807) is 19.2 Å². The van der Waals surface area contributed by atoms with Crippen molar-refractivity contribution in [2.24, 2.45) is 0 Å². The Hall–Kier alpha value is -1.84. The van der Waals surface area contributed by atoms with E-state index in [9.17, 15) is 9.59 Å². The third-order valence-corrected chi connectivity index (χ3v) is 2.69. The quantitative estimate of drug-likeness (QED) is 0.807. The van der Waals surface area contributed by atoms with Gasteiger partial charge >= 0.3 is 0 Å². The van der Waals surface area contributed by atoms with Gasteiger partial charge in [0, 0.05) is 25.6 Å².